The average molecular weight is 158 g/mol. The lowest BCUT2D eigenvalue weighted by atomic mass is 10.3. The van der Waals surface area contributed by atoms with Crippen LogP contribution in [0, 0.1) is 6.92 Å². The summed E-state index contributed by atoms with van der Waals surface area (Å²) in [5.74, 6) is 0. The van der Waals surface area contributed by atoms with Gasteiger partial charge in [-0.2, -0.15) is 0 Å². The van der Waals surface area contributed by atoms with E-state index in [9.17, 15) is 0 Å². The van der Waals surface area contributed by atoms with Gasteiger partial charge in [-0.3, -0.25) is 0 Å². The minimum atomic E-state index is 0.590. The number of pyridine rings is 1. The second kappa shape index (κ2) is 5.24. The summed E-state index contributed by atoms with van der Waals surface area (Å²) < 4.78 is 0. The first-order chi connectivity index (χ1) is 4.80. The fourth-order valence-electron chi connectivity index (χ4n) is 0.466. The zero-order chi connectivity index (χ0) is 7.98. The Morgan fingerprint density at radius 3 is 2.30 bits per heavy atom. The van der Waals surface area contributed by atoms with Crippen molar-refractivity contribution in [3.05, 3.63) is 29.0 Å². The highest BCUT2D eigenvalue weighted by Gasteiger charge is 1.88. The van der Waals surface area contributed by atoms with E-state index in [0.29, 0.717) is 5.15 Å². The van der Waals surface area contributed by atoms with E-state index >= 15 is 0 Å². The fourth-order valence-corrected chi connectivity index (χ4v) is 0.586. The topological polar surface area (TPSA) is 12.9 Å². The highest BCUT2D eigenvalue weighted by atomic mass is 35.5. The second-order valence-electron chi connectivity index (χ2n) is 1.61. The summed E-state index contributed by atoms with van der Waals surface area (Å²) in [5.41, 5.74) is 1.02. The van der Waals surface area contributed by atoms with E-state index in [4.69, 9.17) is 11.6 Å². The van der Waals surface area contributed by atoms with Crippen molar-refractivity contribution in [3.8, 4) is 0 Å². The Bertz CT molecular complexity index is 165. The Morgan fingerprint density at radius 1 is 1.40 bits per heavy atom. The van der Waals surface area contributed by atoms with Crippen LogP contribution in [0.25, 0.3) is 0 Å². The van der Waals surface area contributed by atoms with Crippen LogP contribution in [-0.4, -0.2) is 4.98 Å². The Labute approximate surface area is 67.1 Å². The summed E-state index contributed by atoms with van der Waals surface area (Å²) in [4.78, 5) is 3.84. The van der Waals surface area contributed by atoms with Gasteiger partial charge >= 0.3 is 0 Å². The van der Waals surface area contributed by atoms with Gasteiger partial charge in [0.2, 0.25) is 0 Å². The largest absolute Gasteiger partial charge is 0.244 e. The van der Waals surface area contributed by atoms with Crippen LogP contribution in [0.3, 0.4) is 0 Å². The standard InChI is InChI=1S/C6H6ClN.C2H6/c1-5-3-2-4-8-6(5)7;1-2/h2-4H,1H3;1-2H3. The summed E-state index contributed by atoms with van der Waals surface area (Å²) in [6, 6.07) is 3.79. The zero-order valence-corrected chi connectivity index (χ0v) is 7.31. The molecule has 0 unspecified atom stereocenters. The maximum Gasteiger partial charge on any atom is 0.131 e. The van der Waals surface area contributed by atoms with Gasteiger partial charge in [0.25, 0.3) is 0 Å². The number of nitrogens with zero attached hydrogens (tertiary/aromatic N) is 1. The molecule has 1 heterocycles. The van der Waals surface area contributed by atoms with Crippen LogP contribution < -0.4 is 0 Å². The van der Waals surface area contributed by atoms with Gasteiger partial charge in [0.05, 0.1) is 0 Å². The van der Waals surface area contributed by atoms with Crippen LogP contribution in [0.4, 0.5) is 0 Å². The Hall–Kier alpha value is -0.560. The second-order valence-corrected chi connectivity index (χ2v) is 1.97. The maximum atomic E-state index is 5.60. The molecule has 1 aromatic rings. The quantitative estimate of drug-likeness (QED) is 0.528. The van der Waals surface area contributed by atoms with E-state index in [0.717, 1.165) is 5.56 Å². The van der Waals surface area contributed by atoms with E-state index in [1.54, 1.807) is 6.20 Å². The monoisotopic (exact) mass is 157 g/mol. The van der Waals surface area contributed by atoms with E-state index in [1.165, 1.54) is 0 Å². The van der Waals surface area contributed by atoms with Crippen LogP contribution >= 0.6 is 11.6 Å². The van der Waals surface area contributed by atoms with E-state index in [-0.39, 0.29) is 0 Å². The first-order valence-corrected chi connectivity index (χ1v) is 3.75. The van der Waals surface area contributed by atoms with Gasteiger partial charge in [-0.05, 0) is 18.6 Å². The Morgan fingerprint density at radius 2 is 2.00 bits per heavy atom. The minimum Gasteiger partial charge on any atom is -0.244 e. The molecule has 0 radical (unpaired) electrons. The molecule has 0 saturated heterocycles. The molecule has 0 aliphatic heterocycles. The predicted octanol–water partition coefficient (Wildman–Crippen LogP) is 3.07. The van der Waals surface area contributed by atoms with Crippen molar-refractivity contribution in [2.45, 2.75) is 20.8 Å². The predicted molar refractivity (Wildman–Crippen MR) is 45.3 cm³/mol. The van der Waals surface area contributed by atoms with Gasteiger partial charge in [-0.1, -0.05) is 31.5 Å². The highest BCUT2D eigenvalue weighted by molar-refractivity contribution is 6.30. The number of rotatable bonds is 0. The van der Waals surface area contributed by atoms with Crippen molar-refractivity contribution >= 4 is 11.6 Å². The van der Waals surface area contributed by atoms with E-state index in [2.05, 4.69) is 4.98 Å². The van der Waals surface area contributed by atoms with Crippen LogP contribution in [0.2, 0.25) is 5.15 Å². The first-order valence-electron chi connectivity index (χ1n) is 3.38. The van der Waals surface area contributed by atoms with Crippen molar-refractivity contribution < 1.29 is 0 Å². The van der Waals surface area contributed by atoms with Crippen molar-refractivity contribution in [1.82, 2.24) is 4.98 Å². The molecule has 0 spiro atoms. The molecule has 0 atom stereocenters. The maximum absolute atomic E-state index is 5.60. The normalized spacial score (nSPS) is 8.00. The van der Waals surface area contributed by atoms with Crippen LogP contribution in [0.1, 0.15) is 19.4 Å². The summed E-state index contributed by atoms with van der Waals surface area (Å²) >= 11 is 5.60. The van der Waals surface area contributed by atoms with Gasteiger partial charge < -0.3 is 0 Å². The summed E-state index contributed by atoms with van der Waals surface area (Å²) in [6.07, 6.45) is 1.68. The van der Waals surface area contributed by atoms with Crippen LogP contribution in [0.15, 0.2) is 18.3 Å². The third-order valence-corrected chi connectivity index (χ3v) is 1.34. The molecule has 2 heteroatoms. The molecular weight excluding hydrogens is 146 g/mol. The minimum absolute atomic E-state index is 0.590. The molecule has 1 aromatic heterocycles. The van der Waals surface area contributed by atoms with Gasteiger partial charge in [0.1, 0.15) is 5.15 Å². The number of aromatic nitrogens is 1. The lowest BCUT2D eigenvalue weighted by Gasteiger charge is -1.89. The molecular formula is C8H12ClN. The summed E-state index contributed by atoms with van der Waals surface area (Å²) in [5, 5.41) is 0.590. The molecule has 0 aliphatic rings. The lowest BCUT2D eigenvalue weighted by Crippen LogP contribution is -1.75. The average Bonchev–Trinajstić information content (AvgIpc) is 2.00. The van der Waals surface area contributed by atoms with Crippen molar-refractivity contribution in [2.24, 2.45) is 0 Å². The molecule has 56 valence electrons. The van der Waals surface area contributed by atoms with Crippen LogP contribution in [0.5, 0.6) is 0 Å². The lowest BCUT2D eigenvalue weighted by molar-refractivity contribution is 1.27. The Kier molecular flexibility index (Phi) is 4.95. The number of hydrogen-bond donors (Lipinski definition) is 0. The fraction of sp³-hybridized carbons (Fsp3) is 0.375. The van der Waals surface area contributed by atoms with Gasteiger partial charge in [0.15, 0.2) is 0 Å². The number of halogens is 1. The molecule has 0 saturated carbocycles. The van der Waals surface area contributed by atoms with E-state index in [1.807, 2.05) is 32.9 Å². The summed E-state index contributed by atoms with van der Waals surface area (Å²) in [7, 11) is 0. The smallest absolute Gasteiger partial charge is 0.131 e. The Balaban J connectivity index is 0.000000371. The van der Waals surface area contributed by atoms with Gasteiger partial charge in [-0.15, -0.1) is 0 Å². The molecule has 0 amide bonds. The van der Waals surface area contributed by atoms with Crippen molar-refractivity contribution in [1.29, 1.82) is 0 Å². The molecule has 1 nitrogen and oxygen atoms in total. The highest BCUT2D eigenvalue weighted by Crippen LogP contribution is 2.07. The molecule has 0 N–H and O–H groups in total. The van der Waals surface area contributed by atoms with E-state index < -0.39 is 0 Å². The SMILES string of the molecule is CC.Cc1cccnc1Cl. The molecule has 1 rings (SSSR count). The third kappa shape index (κ3) is 2.83. The molecule has 0 bridgehead atoms. The number of aryl methyl sites for hydroxylation is 1. The van der Waals surface area contributed by atoms with Crippen LogP contribution in [-0.2, 0) is 0 Å². The number of hydrogen-bond acceptors (Lipinski definition) is 1. The van der Waals surface area contributed by atoms with Gasteiger partial charge in [0, 0.05) is 6.20 Å². The third-order valence-electron chi connectivity index (χ3n) is 0.946. The summed E-state index contributed by atoms with van der Waals surface area (Å²) in [6.45, 7) is 5.93. The first kappa shape index (κ1) is 9.44. The van der Waals surface area contributed by atoms with Crippen molar-refractivity contribution in [3.63, 3.8) is 0 Å². The molecule has 0 fully saturated rings. The molecule has 10 heavy (non-hydrogen) atoms. The molecule has 0 aliphatic carbocycles. The van der Waals surface area contributed by atoms with Crippen molar-refractivity contribution in [2.75, 3.05) is 0 Å². The zero-order valence-electron chi connectivity index (χ0n) is 6.56. The molecule has 0 aromatic carbocycles. The van der Waals surface area contributed by atoms with Gasteiger partial charge in [-0.25, -0.2) is 4.98 Å².